The average molecular weight is 260 g/mol. The zero-order chi connectivity index (χ0) is 11.0. The normalized spacial score (nSPS) is 10.3. The first-order valence-electron chi connectivity index (χ1n) is 4.74. The molecule has 0 heterocycles. The van der Waals surface area contributed by atoms with Crippen molar-refractivity contribution in [3.05, 3.63) is 45.4 Å². The molecule has 2 aromatic carbocycles. The second-order valence-corrected chi connectivity index (χ2v) is 4.39. The first-order chi connectivity index (χ1) is 7.16. The van der Waals surface area contributed by atoms with E-state index in [1.165, 1.54) is 0 Å². The third-order valence-corrected chi connectivity index (χ3v) is 3.83. The fourth-order valence-electron chi connectivity index (χ4n) is 1.79. The van der Waals surface area contributed by atoms with Crippen molar-refractivity contribution in [2.75, 3.05) is 0 Å². The highest BCUT2D eigenvalue weighted by atomic mass is 79.9. The van der Waals surface area contributed by atoms with Gasteiger partial charge in [-0.1, -0.05) is 24.3 Å². The minimum absolute atomic E-state index is 0.784. The highest BCUT2D eigenvalue weighted by Gasteiger charge is 2.11. The Labute approximate surface area is 97.5 Å². The lowest BCUT2D eigenvalue weighted by Crippen LogP contribution is -1.91. The maximum Gasteiger partial charge on any atom is 0.100 e. The third kappa shape index (κ3) is 1.44. The Kier molecular flexibility index (Phi) is 2.50. The van der Waals surface area contributed by atoms with E-state index in [4.69, 9.17) is 5.26 Å². The van der Waals surface area contributed by atoms with Crippen LogP contribution in [0.1, 0.15) is 16.7 Å². The number of fused-ring (bicyclic) bond motifs is 1. The molecule has 2 heteroatoms. The SMILES string of the molecule is Cc1c(C)c(C#N)c2ccccc2c1Br. The maximum absolute atomic E-state index is 9.17. The number of nitriles is 1. The van der Waals surface area contributed by atoms with Crippen molar-refractivity contribution in [1.82, 2.24) is 0 Å². The largest absolute Gasteiger partial charge is 0.192 e. The van der Waals surface area contributed by atoms with Crippen LogP contribution in [0.25, 0.3) is 10.8 Å². The number of rotatable bonds is 0. The van der Waals surface area contributed by atoms with Crippen LogP contribution in [-0.4, -0.2) is 0 Å². The van der Waals surface area contributed by atoms with E-state index >= 15 is 0 Å². The van der Waals surface area contributed by atoms with Crippen LogP contribution >= 0.6 is 15.9 Å². The van der Waals surface area contributed by atoms with Gasteiger partial charge in [-0.25, -0.2) is 0 Å². The minimum Gasteiger partial charge on any atom is -0.192 e. The number of hydrogen-bond acceptors (Lipinski definition) is 1. The van der Waals surface area contributed by atoms with Gasteiger partial charge < -0.3 is 0 Å². The predicted molar refractivity (Wildman–Crippen MR) is 65.8 cm³/mol. The molecule has 2 aromatic rings. The summed E-state index contributed by atoms with van der Waals surface area (Å²) in [6.07, 6.45) is 0. The summed E-state index contributed by atoms with van der Waals surface area (Å²) in [7, 11) is 0. The summed E-state index contributed by atoms with van der Waals surface area (Å²) < 4.78 is 1.09. The molecule has 0 saturated carbocycles. The lowest BCUT2D eigenvalue weighted by atomic mass is 9.96. The van der Waals surface area contributed by atoms with Gasteiger partial charge >= 0.3 is 0 Å². The van der Waals surface area contributed by atoms with Crippen molar-refractivity contribution in [3.63, 3.8) is 0 Å². The lowest BCUT2D eigenvalue weighted by molar-refractivity contribution is 1.31. The Morgan fingerprint density at radius 1 is 1.07 bits per heavy atom. The topological polar surface area (TPSA) is 23.8 Å². The minimum atomic E-state index is 0.784. The summed E-state index contributed by atoms with van der Waals surface area (Å²) in [6, 6.07) is 10.3. The van der Waals surface area contributed by atoms with Crippen LogP contribution in [0.2, 0.25) is 0 Å². The standard InChI is InChI=1S/C13H10BrN/c1-8-9(2)13(14)11-6-4-3-5-10(11)12(8)7-15/h3-6H,1-2H3. The molecule has 0 radical (unpaired) electrons. The van der Waals surface area contributed by atoms with Crippen LogP contribution < -0.4 is 0 Å². The van der Waals surface area contributed by atoms with E-state index in [1.54, 1.807) is 0 Å². The molecule has 0 spiro atoms. The second kappa shape index (κ2) is 3.67. The van der Waals surface area contributed by atoms with Crippen LogP contribution in [0.3, 0.4) is 0 Å². The van der Waals surface area contributed by atoms with Gasteiger partial charge in [-0.3, -0.25) is 0 Å². The van der Waals surface area contributed by atoms with Crippen LogP contribution in [0, 0.1) is 25.2 Å². The molecule has 0 unspecified atom stereocenters. The Balaban J connectivity index is 3.06. The van der Waals surface area contributed by atoms with E-state index in [2.05, 4.69) is 22.0 Å². The van der Waals surface area contributed by atoms with Gasteiger partial charge in [0.15, 0.2) is 0 Å². The fraction of sp³-hybridized carbons (Fsp3) is 0.154. The molecular weight excluding hydrogens is 250 g/mol. The smallest absolute Gasteiger partial charge is 0.100 e. The molecule has 74 valence electrons. The van der Waals surface area contributed by atoms with Gasteiger partial charge in [0.05, 0.1) is 5.56 Å². The molecule has 0 aromatic heterocycles. The van der Waals surface area contributed by atoms with Crippen molar-refractivity contribution in [3.8, 4) is 6.07 Å². The first kappa shape index (κ1) is 10.2. The van der Waals surface area contributed by atoms with E-state index in [-0.39, 0.29) is 0 Å². The van der Waals surface area contributed by atoms with E-state index in [0.29, 0.717) is 0 Å². The lowest BCUT2D eigenvalue weighted by Gasteiger charge is -2.10. The highest BCUT2D eigenvalue weighted by molar-refractivity contribution is 9.10. The number of nitrogens with zero attached hydrogens (tertiary/aromatic N) is 1. The van der Waals surface area contributed by atoms with E-state index in [9.17, 15) is 0 Å². The van der Waals surface area contributed by atoms with Gasteiger partial charge in [0.1, 0.15) is 6.07 Å². The highest BCUT2D eigenvalue weighted by Crippen LogP contribution is 2.32. The molecule has 0 amide bonds. The van der Waals surface area contributed by atoms with Crippen LogP contribution in [-0.2, 0) is 0 Å². The molecule has 0 aliphatic rings. The Bertz CT molecular complexity index is 579. The molecule has 15 heavy (non-hydrogen) atoms. The first-order valence-corrected chi connectivity index (χ1v) is 5.53. The van der Waals surface area contributed by atoms with Crippen molar-refractivity contribution >= 4 is 26.7 Å². The van der Waals surface area contributed by atoms with Crippen LogP contribution in [0.5, 0.6) is 0 Å². The molecule has 0 bridgehead atoms. The summed E-state index contributed by atoms with van der Waals surface area (Å²) in [5.74, 6) is 0. The quantitative estimate of drug-likeness (QED) is 0.699. The summed E-state index contributed by atoms with van der Waals surface area (Å²) in [6.45, 7) is 4.03. The Morgan fingerprint density at radius 3 is 2.27 bits per heavy atom. The van der Waals surface area contributed by atoms with Crippen LogP contribution in [0.15, 0.2) is 28.7 Å². The Morgan fingerprint density at radius 2 is 1.67 bits per heavy atom. The molecule has 0 N–H and O–H groups in total. The van der Waals surface area contributed by atoms with Crippen molar-refractivity contribution < 1.29 is 0 Å². The third-order valence-electron chi connectivity index (χ3n) is 2.81. The maximum atomic E-state index is 9.17. The van der Waals surface area contributed by atoms with Gasteiger partial charge in [-0.15, -0.1) is 0 Å². The molecule has 0 aliphatic carbocycles. The van der Waals surface area contributed by atoms with Crippen molar-refractivity contribution in [2.24, 2.45) is 0 Å². The van der Waals surface area contributed by atoms with Gasteiger partial charge in [0.2, 0.25) is 0 Å². The molecule has 2 rings (SSSR count). The predicted octanol–water partition coefficient (Wildman–Crippen LogP) is 4.09. The molecule has 0 aliphatic heterocycles. The summed E-state index contributed by atoms with van der Waals surface area (Å²) in [5.41, 5.74) is 2.99. The van der Waals surface area contributed by atoms with Gasteiger partial charge in [-0.2, -0.15) is 5.26 Å². The molecule has 0 saturated heterocycles. The molecule has 0 fully saturated rings. The average Bonchev–Trinajstić information content (AvgIpc) is 2.27. The second-order valence-electron chi connectivity index (χ2n) is 3.60. The monoisotopic (exact) mass is 259 g/mol. The zero-order valence-corrected chi connectivity index (χ0v) is 10.2. The van der Waals surface area contributed by atoms with Gasteiger partial charge in [0.25, 0.3) is 0 Å². The summed E-state index contributed by atoms with van der Waals surface area (Å²) in [5, 5.41) is 11.3. The van der Waals surface area contributed by atoms with E-state index < -0.39 is 0 Å². The Hall–Kier alpha value is -1.33. The van der Waals surface area contributed by atoms with Crippen molar-refractivity contribution in [1.29, 1.82) is 5.26 Å². The van der Waals surface area contributed by atoms with Crippen LogP contribution in [0.4, 0.5) is 0 Å². The van der Waals surface area contributed by atoms with E-state index in [0.717, 1.165) is 31.9 Å². The fourth-order valence-corrected chi connectivity index (χ4v) is 2.44. The number of benzene rings is 2. The summed E-state index contributed by atoms with van der Waals surface area (Å²) >= 11 is 3.59. The summed E-state index contributed by atoms with van der Waals surface area (Å²) in [4.78, 5) is 0. The molecular formula is C13H10BrN. The number of hydrogen-bond donors (Lipinski definition) is 0. The van der Waals surface area contributed by atoms with Gasteiger partial charge in [-0.05, 0) is 46.3 Å². The zero-order valence-electron chi connectivity index (χ0n) is 8.63. The van der Waals surface area contributed by atoms with Crippen molar-refractivity contribution in [2.45, 2.75) is 13.8 Å². The molecule has 0 atom stereocenters. The van der Waals surface area contributed by atoms with E-state index in [1.807, 2.05) is 38.1 Å². The molecule has 1 nitrogen and oxygen atoms in total. The number of halogens is 1. The van der Waals surface area contributed by atoms with Gasteiger partial charge in [0, 0.05) is 9.86 Å².